The van der Waals surface area contributed by atoms with E-state index >= 15 is 0 Å². The highest BCUT2D eigenvalue weighted by Gasteiger charge is 2.24. The van der Waals surface area contributed by atoms with Gasteiger partial charge in [-0.2, -0.15) is 0 Å². The zero-order valence-corrected chi connectivity index (χ0v) is 16.9. The molecule has 150 valence electrons. The van der Waals surface area contributed by atoms with E-state index in [9.17, 15) is 4.79 Å². The number of aliphatic imine (C=N–C) groups is 1. The first-order valence-electron chi connectivity index (χ1n) is 9.25. The van der Waals surface area contributed by atoms with Crippen molar-refractivity contribution in [3.8, 4) is 11.5 Å². The molecule has 3 aromatic carbocycles. The first kappa shape index (κ1) is 19.7. The summed E-state index contributed by atoms with van der Waals surface area (Å²) >= 11 is 5.90. The lowest BCUT2D eigenvalue weighted by Crippen LogP contribution is -2.05. The van der Waals surface area contributed by atoms with Crippen LogP contribution in [0.15, 0.2) is 83.5 Å². The van der Waals surface area contributed by atoms with Crippen LogP contribution in [0.3, 0.4) is 0 Å². The molecule has 0 saturated heterocycles. The number of cyclic esters (lactones) is 1. The minimum Gasteiger partial charge on any atom is -0.497 e. The van der Waals surface area contributed by atoms with Crippen molar-refractivity contribution >= 4 is 29.5 Å². The molecule has 5 nitrogen and oxygen atoms in total. The lowest BCUT2D eigenvalue weighted by Gasteiger charge is -2.07. The summed E-state index contributed by atoms with van der Waals surface area (Å²) in [5.41, 5.74) is 2.73. The van der Waals surface area contributed by atoms with E-state index in [2.05, 4.69) is 4.99 Å². The molecular weight excluding hydrogens is 402 g/mol. The quantitative estimate of drug-likeness (QED) is 0.403. The molecule has 0 fully saturated rings. The highest BCUT2D eigenvalue weighted by atomic mass is 35.5. The number of hydrogen-bond acceptors (Lipinski definition) is 5. The fourth-order valence-corrected chi connectivity index (χ4v) is 2.99. The lowest BCUT2D eigenvalue weighted by molar-refractivity contribution is -0.129. The van der Waals surface area contributed by atoms with Gasteiger partial charge in [0.15, 0.2) is 5.70 Å². The summed E-state index contributed by atoms with van der Waals surface area (Å²) in [6.45, 7) is 0.416. The molecule has 0 aliphatic carbocycles. The van der Waals surface area contributed by atoms with Crippen molar-refractivity contribution in [2.24, 2.45) is 4.99 Å². The molecule has 4 rings (SSSR count). The van der Waals surface area contributed by atoms with Gasteiger partial charge in [-0.25, -0.2) is 9.79 Å². The van der Waals surface area contributed by atoms with Gasteiger partial charge in [-0.3, -0.25) is 0 Å². The molecule has 0 unspecified atom stereocenters. The Morgan fingerprint density at radius 3 is 2.50 bits per heavy atom. The predicted octanol–water partition coefficient (Wildman–Crippen LogP) is 5.27. The average Bonchev–Trinajstić information content (AvgIpc) is 3.14. The Bertz CT molecular complexity index is 1120. The SMILES string of the molecule is COc1ccc(C2=N/C(=C/c3cccc(OCc4ccc(Cl)cc4)c3)C(=O)O2)cc1. The van der Waals surface area contributed by atoms with Crippen molar-refractivity contribution in [1.29, 1.82) is 0 Å². The molecule has 0 saturated carbocycles. The normalized spacial score (nSPS) is 14.4. The van der Waals surface area contributed by atoms with Gasteiger partial charge in [-0.15, -0.1) is 0 Å². The van der Waals surface area contributed by atoms with Crippen molar-refractivity contribution in [2.75, 3.05) is 7.11 Å². The monoisotopic (exact) mass is 419 g/mol. The molecule has 0 spiro atoms. The third kappa shape index (κ3) is 4.70. The Hall–Kier alpha value is -3.57. The van der Waals surface area contributed by atoms with Gasteiger partial charge in [0.25, 0.3) is 0 Å². The number of hydrogen-bond donors (Lipinski definition) is 0. The molecule has 1 heterocycles. The van der Waals surface area contributed by atoms with E-state index in [1.165, 1.54) is 0 Å². The Kier molecular flexibility index (Phi) is 5.82. The molecule has 0 amide bonds. The Labute approximate surface area is 179 Å². The molecule has 0 aromatic heterocycles. The van der Waals surface area contributed by atoms with Crippen molar-refractivity contribution in [3.05, 3.63) is 100 Å². The largest absolute Gasteiger partial charge is 0.497 e. The molecule has 0 atom stereocenters. The third-order valence-corrected chi connectivity index (χ3v) is 4.69. The maximum Gasteiger partial charge on any atom is 0.363 e. The van der Waals surface area contributed by atoms with Crippen LogP contribution in [0, 0.1) is 0 Å². The molecule has 6 heteroatoms. The summed E-state index contributed by atoms with van der Waals surface area (Å²) < 4.78 is 16.3. The molecule has 0 bridgehead atoms. The first-order valence-corrected chi connectivity index (χ1v) is 9.63. The average molecular weight is 420 g/mol. The van der Waals surface area contributed by atoms with Crippen molar-refractivity contribution in [3.63, 3.8) is 0 Å². The minimum absolute atomic E-state index is 0.232. The van der Waals surface area contributed by atoms with E-state index < -0.39 is 5.97 Å². The smallest absolute Gasteiger partial charge is 0.363 e. The van der Waals surface area contributed by atoms with E-state index in [0.29, 0.717) is 22.9 Å². The van der Waals surface area contributed by atoms with Gasteiger partial charge in [0.1, 0.15) is 18.1 Å². The van der Waals surface area contributed by atoms with E-state index in [0.717, 1.165) is 16.9 Å². The zero-order chi connectivity index (χ0) is 20.9. The number of rotatable bonds is 6. The minimum atomic E-state index is -0.492. The van der Waals surface area contributed by atoms with Crippen LogP contribution in [-0.4, -0.2) is 19.0 Å². The van der Waals surface area contributed by atoms with Crippen LogP contribution in [0.1, 0.15) is 16.7 Å². The summed E-state index contributed by atoms with van der Waals surface area (Å²) in [5.74, 6) is 1.18. The summed E-state index contributed by atoms with van der Waals surface area (Å²) in [7, 11) is 1.59. The van der Waals surface area contributed by atoms with Gasteiger partial charge in [0, 0.05) is 10.6 Å². The van der Waals surface area contributed by atoms with Crippen molar-refractivity contribution in [2.45, 2.75) is 6.61 Å². The number of methoxy groups -OCH3 is 1. The number of carbonyl (C=O) groups is 1. The fourth-order valence-electron chi connectivity index (χ4n) is 2.87. The number of esters is 1. The van der Waals surface area contributed by atoms with Gasteiger partial charge in [-0.05, 0) is 65.7 Å². The van der Waals surface area contributed by atoms with Gasteiger partial charge in [0.05, 0.1) is 7.11 Å². The van der Waals surface area contributed by atoms with Crippen LogP contribution in [0.5, 0.6) is 11.5 Å². The van der Waals surface area contributed by atoms with Crippen molar-refractivity contribution < 1.29 is 19.0 Å². The van der Waals surface area contributed by atoms with Crippen LogP contribution in [0.25, 0.3) is 6.08 Å². The molecule has 0 N–H and O–H groups in total. The topological polar surface area (TPSA) is 57.1 Å². The Balaban J connectivity index is 1.49. The summed E-state index contributed by atoms with van der Waals surface area (Å²) in [6, 6.07) is 22.1. The lowest BCUT2D eigenvalue weighted by atomic mass is 10.2. The van der Waals surface area contributed by atoms with Gasteiger partial charge in [0.2, 0.25) is 5.90 Å². The van der Waals surface area contributed by atoms with Gasteiger partial charge >= 0.3 is 5.97 Å². The summed E-state index contributed by atoms with van der Waals surface area (Å²) in [6.07, 6.45) is 1.67. The van der Waals surface area contributed by atoms with E-state index in [1.807, 2.05) is 48.5 Å². The van der Waals surface area contributed by atoms with Crippen LogP contribution < -0.4 is 9.47 Å². The maximum atomic E-state index is 12.2. The first-order chi connectivity index (χ1) is 14.6. The number of benzene rings is 3. The van der Waals surface area contributed by atoms with Crippen LogP contribution in [0.2, 0.25) is 5.02 Å². The van der Waals surface area contributed by atoms with E-state index in [1.54, 1.807) is 37.5 Å². The molecule has 1 aliphatic heterocycles. The Morgan fingerprint density at radius 1 is 1.00 bits per heavy atom. The van der Waals surface area contributed by atoms with E-state index in [-0.39, 0.29) is 11.6 Å². The molecular formula is C24H18ClNO4. The highest BCUT2D eigenvalue weighted by Crippen LogP contribution is 2.23. The molecule has 30 heavy (non-hydrogen) atoms. The fraction of sp³-hybridized carbons (Fsp3) is 0.0833. The second-order valence-corrected chi connectivity index (χ2v) is 6.99. The number of ether oxygens (including phenoxy) is 3. The van der Waals surface area contributed by atoms with Crippen molar-refractivity contribution in [1.82, 2.24) is 0 Å². The molecule has 0 radical (unpaired) electrons. The maximum absolute atomic E-state index is 12.2. The van der Waals surface area contributed by atoms with Crippen LogP contribution in [-0.2, 0) is 16.1 Å². The number of halogens is 1. The highest BCUT2D eigenvalue weighted by molar-refractivity contribution is 6.30. The number of nitrogens with zero attached hydrogens (tertiary/aromatic N) is 1. The summed E-state index contributed by atoms with van der Waals surface area (Å²) in [5, 5.41) is 0.686. The van der Waals surface area contributed by atoms with Gasteiger partial charge < -0.3 is 14.2 Å². The van der Waals surface area contributed by atoms with Crippen LogP contribution in [0.4, 0.5) is 0 Å². The Morgan fingerprint density at radius 2 is 1.77 bits per heavy atom. The summed E-state index contributed by atoms with van der Waals surface area (Å²) in [4.78, 5) is 16.6. The predicted molar refractivity (Wildman–Crippen MR) is 116 cm³/mol. The van der Waals surface area contributed by atoms with E-state index in [4.69, 9.17) is 25.8 Å². The second-order valence-electron chi connectivity index (χ2n) is 6.55. The van der Waals surface area contributed by atoms with Gasteiger partial charge in [-0.1, -0.05) is 35.9 Å². The number of carbonyl (C=O) groups excluding carboxylic acids is 1. The molecule has 1 aliphatic rings. The molecule has 3 aromatic rings. The second kappa shape index (κ2) is 8.84. The third-order valence-electron chi connectivity index (χ3n) is 4.44. The van der Waals surface area contributed by atoms with Crippen LogP contribution >= 0.6 is 11.6 Å². The zero-order valence-electron chi connectivity index (χ0n) is 16.2. The standard InChI is InChI=1S/C24H18ClNO4/c1-28-20-11-7-18(8-12-20)23-26-22(24(27)30-23)14-17-3-2-4-21(13-17)29-15-16-5-9-19(25)10-6-16/h2-14H,15H2,1H3/b22-14+.